The largest absolute Gasteiger partial charge is 0.548 e. The number of aliphatic hydroxyl groups is 1. The molecule has 0 radical (unpaired) electrons. The van der Waals surface area contributed by atoms with Gasteiger partial charge in [-0.25, -0.2) is 0 Å². The highest BCUT2D eigenvalue weighted by Gasteiger charge is 2.17. The first kappa shape index (κ1) is 15.0. The zero-order chi connectivity index (χ0) is 14.3. The van der Waals surface area contributed by atoms with Crippen molar-refractivity contribution in [2.75, 3.05) is 13.2 Å². The van der Waals surface area contributed by atoms with E-state index in [0.29, 0.717) is 12.4 Å². The maximum Gasteiger partial charge on any atom is 0.255 e. The Labute approximate surface area is 111 Å². The van der Waals surface area contributed by atoms with Crippen LogP contribution in [0.2, 0.25) is 0 Å². The standard InChI is InChI=1S/C13H17NO5/c1-2-7-19-11-6-4-3-5-9(11)12(16)14-10(8-15)13(17)18/h3-6,10,15H,2,7-8H2,1H3,(H,14,16)(H,17,18)/p-1/t10-/m1/s1. The van der Waals surface area contributed by atoms with Crippen molar-refractivity contribution in [3.8, 4) is 5.75 Å². The molecular weight excluding hydrogens is 250 g/mol. The number of benzene rings is 1. The molecule has 1 rings (SSSR count). The SMILES string of the molecule is CCCOc1ccccc1C(=O)N[C@H](CO)C(=O)[O-]. The van der Waals surface area contributed by atoms with E-state index in [9.17, 15) is 14.7 Å². The summed E-state index contributed by atoms with van der Waals surface area (Å²) in [5.41, 5.74) is 0.218. The van der Waals surface area contributed by atoms with Crippen LogP contribution in [0.15, 0.2) is 24.3 Å². The molecule has 0 saturated carbocycles. The summed E-state index contributed by atoms with van der Waals surface area (Å²) in [6.07, 6.45) is 0.786. The third kappa shape index (κ3) is 4.26. The Morgan fingerprint density at radius 2 is 2.11 bits per heavy atom. The van der Waals surface area contributed by atoms with E-state index in [-0.39, 0.29) is 5.56 Å². The number of amides is 1. The summed E-state index contributed by atoms with van der Waals surface area (Å²) in [4.78, 5) is 22.5. The van der Waals surface area contributed by atoms with Crippen LogP contribution in [-0.2, 0) is 4.79 Å². The van der Waals surface area contributed by atoms with Crippen molar-refractivity contribution in [3.05, 3.63) is 29.8 Å². The van der Waals surface area contributed by atoms with Crippen LogP contribution in [0.25, 0.3) is 0 Å². The number of aliphatic carboxylic acids is 1. The Balaban J connectivity index is 2.83. The number of carbonyl (C=O) groups excluding carboxylic acids is 2. The normalized spacial score (nSPS) is 11.7. The Morgan fingerprint density at radius 3 is 2.68 bits per heavy atom. The lowest BCUT2D eigenvalue weighted by molar-refractivity contribution is -0.308. The van der Waals surface area contributed by atoms with Gasteiger partial charge in [-0.05, 0) is 18.6 Å². The van der Waals surface area contributed by atoms with Gasteiger partial charge >= 0.3 is 0 Å². The highest BCUT2D eigenvalue weighted by Crippen LogP contribution is 2.18. The highest BCUT2D eigenvalue weighted by atomic mass is 16.5. The van der Waals surface area contributed by atoms with E-state index in [2.05, 4.69) is 5.32 Å². The summed E-state index contributed by atoms with van der Waals surface area (Å²) < 4.78 is 5.40. The van der Waals surface area contributed by atoms with Crippen LogP contribution < -0.4 is 15.2 Å². The first-order chi connectivity index (χ1) is 9.10. The van der Waals surface area contributed by atoms with Gasteiger partial charge in [-0.2, -0.15) is 0 Å². The van der Waals surface area contributed by atoms with Gasteiger partial charge in [0.25, 0.3) is 5.91 Å². The minimum atomic E-state index is -1.54. The predicted octanol–water partition coefficient (Wildman–Crippen LogP) is -0.684. The quantitative estimate of drug-likeness (QED) is 0.681. The number of hydrogen-bond acceptors (Lipinski definition) is 5. The molecular formula is C13H16NO5-. The average Bonchev–Trinajstić information content (AvgIpc) is 2.42. The molecule has 1 atom stereocenters. The number of hydrogen-bond donors (Lipinski definition) is 2. The topological polar surface area (TPSA) is 98.7 Å². The Hall–Kier alpha value is -2.08. The van der Waals surface area contributed by atoms with Crippen LogP contribution in [0.4, 0.5) is 0 Å². The molecule has 0 aliphatic heterocycles. The number of rotatable bonds is 7. The van der Waals surface area contributed by atoms with Gasteiger partial charge in [0, 0.05) is 0 Å². The molecule has 1 aromatic rings. The number of carboxylic acid groups (broad SMARTS) is 1. The van der Waals surface area contributed by atoms with E-state index in [4.69, 9.17) is 9.84 Å². The van der Waals surface area contributed by atoms with Gasteiger partial charge in [-0.15, -0.1) is 0 Å². The molecule has 1 amide bonds. The zero-order valence-electron chi connectivity index (χ0n) is 10.6. The number of nitrogens with one attached hydrogen (secondary N) is 1. The molecule has 0 unspecified atom stereocenters. The first-order valence-corrected chi connectivity index (χ1v) is 5.94. The summed E-state index contributed by atoms with van der Waals surface area (Å²) >= 11 is 0. The molecule has 0 bridgehead atoms. The first-order valence-electron chi connectivity index (χ1n) is 5.94. The van der Waals surface area contributed by atoms with Crippen molar-refractivity contribution < 1.29 is 24.5 Å². The van der Waals surface area contributed by atoms with Crippen molar-refractivity contribution >= 4 is 11.9 Å². The maximum absolute atomic E-state index is 11.9. The fourth-order valence-electron chi connectivity index (χ4n) is 1.41. The van der Waals surface area contributed by atoms with Crippen molar-refractivity contribution in [2.24, 2.45) is 0 Å². The summed E-state index contributed by atoms with van der Waals surface area (Å²) in [6.45, 7) is 1.65. The molecule has 0 saturated heterocycles. The van der Waals surface area contributed by atoms with Crippen molar-refractivity contribution in [3.63, 3.8) is 0 Å². The van der Waals surface area contributed by atoms with E-state index < -0.39 is 24.5 Å². The highest BCUT2D eigenvalue weighted by molar-refractivity contribution is 5.98. The number of carboxylic acids is 1. The lowest BCUT2D eigenvalue weighted by Crippen LogP contribution is -2.50. The van der Waals surface area contributed by atoms with Gasteiger partial charge in [-0.1, -0.05) is 19.1 Å². The Morgan fingerprint density at radius 1 is 1.42 bits per heavy atom. The molecule has 0 aliphatic carbocycles. The van der Waals surface area contributed by atoms with Gasteiger partial charge in [0.05, 0.1) is 30.8 Å². The molecule has 6 heteroatoms. The number of para-hydroxylation sites is 1. The second-order valence-corrected chi connectivity index (χ2v) is 3.87. The van der Waals surface area contributed by atoms with E-state index >= 15 is 0 Å². The fraction of sp³-hybridized carbons (Fsp3) is 0.385. The molecule has 0 fully saturated rings. The molecule has 0 spiro atoms. The van der Waals surface area contributed by atoms with Gasteiger partial charge < -0.3 is 25.1 Å². The molecule has 0 heterocycles. The van der Waals surface area contributed by atoms with Crippen LogP contribution in [0, 0.1) is 0 Å². The molecule has 0 aromatic heterocycles. The molecule has 19 heavy (non-hydrogen) atoms. The fourth-order valence-corrected chi connectivity index (χ4v) is 1.41. The summed E-state index contributed by atoms with van der Waals surface area (Å²) in [5, 5.41) is 21.6. The van der Waals surface area contributed by atoms with Crippen LogP contribution >= 0.6 is 0 Å². The maximum atomic E-state index is 11.9. The van der Waals surface area contributed by atoms with Crippen molar-refractivity contribution in [2.45, 2.75) is 19.4 Å². The third-order valence-electron chi connectivity index (χ3n) is 2.37. The van der Waals surface area contributed by atoms with E-state index in [1.165, 1.54) is 6.07 Å². The molecule has 1 aromatic carbocycles. The number of aliphatic hydroxyl groups excluding tert-OH is 1. The van der Waals surface area contributed by atoms with Gasteiger partial charge in [0.15, 0.2) is 0 Å². The number of carbonyl (C=O) groups is 2. The average molecular weight is 266 g/mol. The van der Waals surface area contributed by atoms with E-state index in [1.54, 1.807) is 18.2 Å². The third-order valence-corrected chi connectivity index (χ3v) is 2.37. The van der Waals surface area contributed by atoms with E-state index in [1.807, 2.05) is 6.92 Å². The Kier molecular flexibility index (Phi) is 5.81. The van der Waals surface area contributed by atoms with Gasteiger partial charge in [-0.3, -0.25) is 4.79 Å². The van der Waals surface area contributed by atoms with Gasteiger partial charge in [0.2, 0.25) is 0 Å². The van der Waals surface area contributed by atoms with Gasteiger partial charge in [0.1, 0.15) is 5.75 Å². The van der Waals surface area contributed by atoms with Crippen molar-refractivity contribution in [1.29, 1.82) is 0 Å². The second kappa shape index (κ2) is 7.38. The van der Waals surface area contributed by atoms with E-state index in [0.717, 1.165) is 6.42 Å². The molecule has 6 nitrogen and oxygen atoms in total. The van der Waals surface area contributed by atoms with Crippen molar-refractivity contribution in [1.82, 2.24) is 5.32 Å². The Bertz CT molecular complexity index is 446. The summed E-state index contributed by atoms with van der Waals surface area (Å²) in [6, 6.07) is 5.05. The lowest BCUT2D eigenvalue weighted by atomic mass is 10.1. The summed E-state index contributed by atoms with van der Waals surface area (Å²) in [7, 11) is 0. The van der Waals surface area contributed by atoms with Crippen LogP contribution in [0.3, 0.4) is 0 Å². The predicted molar refractivity (Wildman–Crippen MR) is 65.6 cm³/mol. The monoisotopic (exact) mass is 266 g/mol. The molecule has 104 valence electrons. The second-order valence-electron chi connectivity index (χ2n) is 3.87. The smallest absolute Gasteiger partial charge is 0.255 e. The lowest BCUT2D eigenvalue weighted by Gasteiger charge is -2.18. The minimum Gasteiger partial charge on any atom is -0.548 e. The number of ether oxygens (including phenoxy) is 1. The molecule has 2 N–H and O–H groups in total. The molecule has 0 aliphatic rings. The summed E-state index contributed by atoms with van der Waals surface area (Å²) in [5.74, 6) is -1.80. The van der Waals surface area contributed by atoms with Crippen LogP contribution in [0.1, 0.15) is 23.7 Å². The minimum absolute atomic E-state index is 0.218. The van der Waals surface area contributed by atoms with Crippen LogP contribution in [0.5, 0.6) is 5.75 Å². The van der Waals surface area contributed by atoms with Crippen LogP contribution in [-0.4, -0.2) is 36.2 Å². The zero-order valence-corrected chi connectivity index (χ0v) is 10.6.